The van der Waals surface area contributed by atoms with E-state index in [0.29, 0.717) is 0 Å². The predicted molar refractivity (Wildman–Crippen MR) is 29.9 cm³/mol. The highest BCUT2D eigenvalue weighted by Gasteiger charge is 1.59. The Morgan fingerprint density at radius 3 is 1.22 bits per heavy atom. The fourth-order valence-electron chi connectivity index (χ4n) is 0.205. The van der Waals surface area contributed by atoms with E-state index in [4.69, 9.17) is 11.1 Å². The maximum absolute atomic E-state index is 6.75. The summed E-state index contributed by atoms with van der Waals surface area (Å²) in [5, 5.41) is 0. The molecule has 6 nitrogen and oxygen atoms in total. The molecular weight excluding hydrogens is 120 g/mol. The molecule has 0 amide bonds. The quantitative estimate of drug-likeness (QED) is 0.289. The molecule has 0 spiro atoms. The van der Waals surface area contributed by atoms with Gasteiger partial charge in [0.25, 0.3) is 0 Å². The van der Waals surface area contributed by atoms with Gasteiger partial charge in [-0.15, -0.1) is 0 Å². The van der Waals surface area contributed by atoms with Crippen LogP contribution >= 0.6 is 0 Å². The molecule has 46 valence electrons. The Balaban J connectivity index is 0.000000187. The van der Waals surface area contributed by atoms with Gasteiger partial charge in [0, 0.05) is 0 Å². The summed E-state index contributed by atoms with van der Waals surface area (Å²) >= 11 is 0. The normalized spacial score (nSPS) is 6.22. The van der Waals surface area contributed by atoms with Crippen LogP contribution in [-0.2, 0) is 0 Å². The Kier molecular flexibility index (Phi) is 5.14. The van der Waals surface area contributed by atoms with Crippen LogP contribution in [-0.4, -0.2) is 15.0 Å². The minimum atomic E-state index is 1.44. The standard InChI is InChI=1S/C3H3N3.N3/c1-4-2-6-3-5-1;1-3-2/h1-3H;/q;-1. The molecule has 0 aliphatic heterocycles. The van der Waals surface area contributed by atoms with Gasteiger partial charge in [-0.2, -0.15) is 0 Å². The maximum atomic E-state index is 6.75. The van der Waals surface area contributed by atoms with Crippen molar-refractivity contribution < 1.29 is 0 Å². The van der Waals surface area contributed by atoms with Crippen molar-refractivity contribution in [2.24, 2.45) is 0 Å². The molecule has 0 aromatic carbocycles. The van der Waals surface area contributed by atoms with Crippen molar-refractivity contribution in [1.82, 2.24) is 15.0 Å². The van der Waals surface area contributed by atoms with Crippen LogP contribution in [0.2, 0.25) is 0 Å². The fourth-order valence-corrected chi connectivity index (χ4v) is 0.205. The topological polar surface area (TPSA) is 97.4 Å². The second-order valence-corrected chi connectivity index (χ2v) is 0.883. The highest BCUT2D eigenvalue weighted by Crippen LogP contribution is 1.57. The third kappa shape index (κ3) is 6.32. The molecule has 1 aromatic rings. The van der Waals surface area contributed by atoms with Gasteiger partial charge in [-0.25, -0.2) is 15.0 Å². The van der Waals surface area contributed by atoms with Gasteiger partial charge in [0.15, 0.2) is 0 Å². The molecule has 0 saturated heterocycles. The summed E-state index contributed by atoms with van der Waals surface area (Å²) in [5.41, 5.74) is 13.5. The molecule has 1 heterocycles. The summed E-state index contributed by atoms with van der Waals surface area (Å²) in [7, 11) is 0. The minimum Gasteiger partial charge on any atom is -0.373 e. The van der Waals surface area contributed by atoms with Crippen LogP contribution < -0.4 is 0 Å². The zero-order valence-electron chi connectivity index (χ0n) is 4.42. The smallest absolute Gasteiger partial charge is 0.119 e. The average Bonchev–Trinajstić information content (AvgIpc) is 1.93. The number of nitrogens with zero attached hydrogens (tertiary/aromatic N) is 6. The molecule has 1 rings (SSSR count). The molecule has 0 aliphatic rings. The number of rotatable bonds is 0. The molecule has 0 atom stereocenters. The molecule has 0 aliphatic carbocycles. The van der Waals surface area contributed by atoms with Crippen LogP contribution in [0.5, 0.6) is 0 Å². The Morgan fingerprint density at radius 2 is 1.11 bits per heavy atom. The summed E-state index contributed by atoms with van der Waals surface area (Å²) in [6.07, 6.45) is 4.31. The van der Waals surface area contributed by atoms with Gasteiger partial charge in [0.1, 0.15) is 19.0 Å². The van der Waals surface area contributed by atoms with Crippen molar-refractivity contribution in [3.63, 3.8) is 0 Å². The van der Waals surface area contributed by atoms with Crippen LogP contribution in [0.15, 0.2) is 19.0 Å². The van der Waals surface area contributed by atoms with E-state index in [1.54, 1.807) is 0 Å². The Hall–Kier alpha value is -1.68. The first-order valence-corrected chi connectivity index (χ1v) is 1.95. The van der Waals surface area contributed by atoms with Crippen LogP contribution in [0.3, 0.4) is 0 Å². The number of hydrogen-bond donors (Lipinski definition) is 0. The summed E-state index contributed by atoms with van der Waals surface area (Å²) in [4.78, 5) is 12.2. The number of aromatic nitrogens is 3. The summed E-state index contributed by atoms with van der Waals surface area (Å²) in [6.45, 7) is 0. The molecule has 0 radical (unpaired) electrons. The maximum Gasteiger partial charge on any atom is 0.119 e. The first kappa shape index (κ1) is 7.32. The SMILES string of the molecule is [N-]=[N+]=[N-].c1ncncn1. The third-order valence-corrected chi connectivity index (χ3v) is 0.400. The second-order valence-electron chi connectivity index (χ2n) is 0.883. The second kappa shape index (κ2) is 6.32. The van der Waals surface area contributed by atoms with Crippen LogP contribution in [0.25, 0.3) is 16.0 Å². The van der Waals surface area contributed by atoms with E-state index in [1.807, 2.05) is 0 Å². The molecule has 6 heteroatoms. The van der Waals surface area contributed by atoms with Gasteiger partial charge >= 0.3 is 0 Å². The van der Waals surface area contributed by atoms with Gasteiger partial charge in [-0.1, -0.05) is 0 Å². The van der Waals surface area contributed by atoms with Gasteiger partial charge in [-0.05, 0) is 0 Å². The third-order valence-electron chi connectivity index (χ3n) is 0.400. The van der Waals surface area contributed by atoms with E-state index < -0.39 is 0 Å². The van der Waals surface area contributed by atoms with Crippen molar-refractivity contribution in [2.75, 3.05) is 0 Å². The van der Waals surface area contributed by atoms with E-state index in [9.17, 15) is 0 Å². The van der Waals surface area contributed by atoms with Gasteiger partial charge in [-0.3, -0.25) is 4.91 Å². The zero-order chi connectivity index (χ0) is 6.95. The van der Waals surface area contributed by atoms with Gasteiger partial charge in [0.2, 0.25) is 0 Å². The zero-order valence-corrected chi connectivity index (χ0v) is 4.42. The van der Waals surface area contributed by atoms with Crippen LogP contribution in [0.1, 0.15) is 0 Å². The van der Waals surface area contributed by atoms with Crippen molar-refractivity contribution in [1.29, 1.82) is 0 Å². The molecule has 9 heavy (non-hydrogen) atoms. The molecule has 0 unspecified atom stereocenters. The lowest BCUT2D eigenvalue weighted by atomic mass is 11.1. The Morgan fingerprint density at radius 1 is 0.889 bits per heavy atom. The lowest BCUT2D eigenvalue weighted by molar-refractivity contribution is 1.05. The van der Waals surface area contributed by atoms with Crippen molar-refractivity contribution in [3.05, 3.63) is 35.0 Å². The molecule has 0 fully saturated rings. The average molecular weight is 123 g/mol. The highest BCUT2D eigenvalue weighted by atomic mass is 15.0. The van der Waals surface area contributed by atoms with Crippen molar-refractivity contribution >= 4 is 0 Å². The first-order chi connectivity index (χ1) is 4.41. The van der Waals surface area contributed by atoms with Crippen molar-refractivity contribution in [2.45, 2.75) is 0 Å². The van der Waals surface area contributed by atoms with Gasteiger partial charge in [0.05, 0.1) is 0 Å². The largest absolute Gasteiger partial charge is 0.373 e. The fraction of sp³-hybridized carbons (Fsp3) is 0. The monoisotopic (exact) mass is 123 g/mol. The molecule has 0 N–H and O–H groups in total. The van der Waals surface area contributed by atoms with E-state index in [2.05, 4.69) is 15.0 Å². The van der Waals surface area contributed by atoms with E-state index in [0.717, 1.165) is 0 Å². The minimum absolute atomic E-state index is 1.44. The first-order valence-electron chi connectivity index (χ1n) is 1.95. The predicted octanol–water partition coefficient (Wildman–Crippen LogP) is 0.738. The van der Waals surface area contributed by atoms with Crippen LogP contribution in [0.4, 0.5) is 0 Å². The molecule has 0 bridgehead atoms. The number of hydrogen-bond acceptors (Lipinski definition) is 3. The highest BCUT2D eigenvalue weighted by molar-refractivity contribution is 4.51. The lowest BCUT2D eigenvalue weighted by Crippen LogP contribution is -1.73. The Labute approximate surface area is 51.0 Å². The summed E-state index contributed by atoms with van der Waals surface area (Å²) in [5.74, 6) is 0. The van der Waals surface area contributed by atoms with E-state index in [1.165, 1.54) is 23.9 Å². The van der Waals surface area contributed by atoms with Crippen LogP contribution in [0, 0.1) is 0 Å². The molecular formula is C3H3N6-. The Bertz CT molecular complexity index is 138. The summed E-state index contributed by atoms with van der Waals surface area (Å²) < 4.78 is 0. The van der Waals surface area contributed by atoms with Crippen molar-refractivity contribution in [3.8, 4) is 0 Å². The molecule has 1 aromatic heterocycles. The lowest BCUT2D eigenvalue weighted by Gasteiger charge is -1.69. The van der Waals surface area contributed by atoms with E-state index >= 15 is 0 Å². The summed E-state index contributed by atoms with van der Waals surface area (Å²) in [6, 6.07) is 0. The van der Waals surface area contributed by atoms with Gasteiger partial charge < -0.3 is 11.1 Å². The van der Waals surface area contributed by atoms with E-state index in [-0.39, 0.29) is 0 Å². The molecule has 0 saturated carbocycles.